The monoisotopic (exact) mass is 234 g/mol. The van der Waals surface area contributed by atoms with Gasteiger partial charge in [0.1, 0.15) is 0 Å². The lowest BCUT2D eigenvalue weighted by molar-refractivity contribution is -0.138. The van der Waals surface area contributed by atoms with Crippen molar-refractivity contribution < 1.29 is 14.3 Å². The van der Waals surface area contributed by atoms with Crippen LogP contribution in [0.2, 0.25) is 0 Å². The minimum atomic E-state index is -0.282. The second kappa shape index (κ2) is 7.63. The highest BCUT2D eigenvalue weighted by Crippen LogP contribution is 2.01. The predicted molar refractivity (Wildman–Crippen MR) is 66.5 cm³/mol. The summed E-state index contributed by atoms with van der Waals surface area (Å²) in [6, 6.07) is 9.91. The zero-order valence-electron chi connectivity index (χ0n) is 10.3. The van der Waals surface area contributed by atoms with E-state index in [1.807, 2.05) is 30.3 Å². The molecule has 0 spiro atoms. The molecule has 1 rings (SSSR count). The van der Waals surface area contributed by atoms with Gasteiger partial charge in [-0.15, -0.1) is 0 Å². The molecule has 0 N–H and O–H groups in total. The van der Waals surface area contributed by atoms with E-state index in [9.17, 15) is 4.79 Å². The van der Waals surface area contributed by atoms with Gasteiger partial charge in [0.2, 0.25) is 0 Å². The van der Waals surface area contributed by atoms with E-state index in [0.717, 1.165) is 5.56 Å². The lowest BCUT2D eigenvalue weighted by Gasteiger charge is -2.03. The molecule has 3 nitrogen and oxygen atoms in total. The van der Waals surface area contributed by atoms with Gasteiger partial charge in [-0.3, -0.25) is 0 Å². The van der Waals surface area contributed by atoms with Gasteiger partial charge in [0.15, 0.2) is 0 Å². The summed E-state index contributed by atoms with van der Waals surface area (Å²) in [5.74, 6) is -0.282. The molecule has 0 fully saturated rings. The largest absolute Gasteiger partial charge is 0.463 e. The molecule has 1 aromatic rings. The van der Waals surface area contributed by atoms with Crippen LogP contribution in [0.4, 0.5) is 0 Å². The molecule has 0 aliphatic rings. The van der Waals surface area contributed by atoms with Crippen LogP contribution in [0.15, 0.2) is 42.0 Å². The Morgan fingerprint density at radius 1 is 1.29 bits per heavy atom. The van der Waals surface area contributed by atoms with Gasteiger partial charge in [0.25, 0.3) is 0 Å². The Morgan fingerprint density at radius 2 is 2.00 bits per heavy atom. The zero-order valence-corrected chi connectivity index (χ0v) is 10.3. The van der Waals surface area contributed by atoms with E-state index in [1.54, 1.807) is 19.9 Å². The average molecular weight is 234 g/mol. The molecular formula is C14H18O3. The van der Waals surface area contributed by atoms with Crippen molar-refractivity contribution in [1.82, 2.24) is 0 Å². The SMILES string of the molecule is CCOC(=O)/C(C)=C/COCc1ccccc1. The lowest BCUT2D eigenvalue weighted by atomic mass is 10.2. The van der Waals surface area contributed by atoms with E-state index in [4.69, 9.17) is 9.47 Å². The van der Waals surface area contributed by atoms with E-state index < -0.39 is 0 Å². The van der Waals surface area contributed by atoms with Crippen molar-refractivity contribution in [3.63, 3.8) is 0 Å². The number of ether oxygens (including phenoxy) is 2. The molecule has 1 aromatic carbocycles. The molecule has 17 heavy (non-hydrogen) atoms. The zero-order chi connectivity index (χ0) is 12.5. The molecule has 0 amide bonds. The molecule has 0 heterocycles. The smallest absolute Gasteiger partial charge is 0.333 e. The van der Waals surface area contributed by atoms with Crippen molar-refractivity contribution in [3.8, 4) is 0 Å². The van der Waals surface area contributed by atoms with Crippen molar-refractivity contribution in [2.45, 2.75) is 20.5 Å². The van der Waals surface area contributed by atoms with E-state index in [0.29, 0.717) is 25.4 Å². The van der Waals surface area contributed by atoms with Crippen LogP contribution in [-0.4, -0.2) is 19.2 Å². The summed E-state index contributed by atoms with van der Waals surface area (Å²) in [5, 5.41) is 0. The molecule has 0 aromatic heterocycles. The molecule has 0 saturated carbocycles. The fourth-order valence-electron chi connectivity index (χ4n) is 1.26. The van der Waals surface area contributed by atoms with Crippen LogP contribution in [0.3, 0.4) is 0 Å². The van der Waals surface area contributed by atoms with Crippen molar-refractivity contribution in [1.29, 1.82) is 0 Å². The molecule has 0 aliphatic heterocycles. The topological polar surface area (TPSA) is 35.5 Å². The molecule has 0 radical (unpaired) electrons. The lowest BCUT2D eigenvalue weighted by Crippen LogP contribution is -2.06. The number of carbonyl (C=O) groups is 1. The molecule has 0 atom stereocenters. The summed E-state index contributed by atoms with van der Waals surface area (Å²) in [7, 11) is 0. The summed E-state index contributed by atoms with van der Waals surface area (Å²) in [6.07, 6.45) is 1.74. The van der Waals surface area contributed by atoms with Crippen molar-refractivity contribution in [2.75, 3.05) is 13.2 Å². The van der Waals surface area contributed by atoms with Gasteiger partial charge in [-0.05, 0) is 25.5 Å². The Bertz CT molecular complexity index is 368. The van der Waals surface area contributed by atoms with Gasteiger partial charge in [-0.1, -0.05) is 30.3 Å². The maximum atomic E-state index is 11.3. The summed E-state index contributed by atoms with van der Waals surface area (Å²) in [6.45, 7) is 4.88. The Balaban J connectivity index is 2.28. The quantitative estimate of drug-likeness (QED) is 0.431. The Labute approximate surface area is 102 Å². The minimum Gasteiger partial charge on any atom is -0.463 e. The van der Waals surface area contributed by atoms with Crippen molar-refractivity contribution in [3.05, 3.63) is 47.5 Å². The number of esters is 1. The van der Waals surface area contributed by atoms with E-state index in [1.165, 1.54) is 0 Å². The minimum absolute atomic E-state index is 0.282. The molecule has 0 saturated heterocycles. The van der Waals surface area contributed by atoms with E-state index >= 15 is 0 Å². The van der Waals surface area contributed by atoms with E-state index in [-0.39, 0.29) is 5.97 Å². The standard InChI is InChI=1S/C14H18O3/c1-3-17-14(15)12(2)9-10-16-11-13-7-5-4-6-8-13/h4-9H,3,10-11H2,1-2H3/b12-9+. The Kier molecular flexibility index (Phi) is 6.04. The van der Waals surface area contributed by atoms with Crippen LogP contribution >= 0.6 is 0 Å². The summed E-state index contributed by atoms with van der Waals surface area (Å²) in [4.78, 5) is 11.3. The Morgan fingerprint density at radius 3 is 2.65 bits per heavy atom. The molecule has 3 heteroatoms. The normalized spacial score (nSPS) is 11.3. The highest BCUT2D eigenvalue weighted by Gasteiger charge is 2.02. The number of carbonyl (C=O) groups excluding carboxylic acids is 1. The van der Waals surface area contributed by atoms with Crippen molar-refractivity contribution >= 4 is 5.97 Å². The predicted octanol–water partition coefficient (Wildman–Crippen LogP) is 2.71. The highest BCUT2D eigenvalue weighted by molar-refractivity contribution is 5.87. The van der Waals surface area contributed by atoms with Crippen LogP contribution in [0.5, 0.6) is 0 Å². The van der Waals surface area contributed by atoms with Gasteiger partial charge in [0, 0.05) is 5.57 Å². The first kappa shape index (κ1) is 13.5. The first-order chi connectivity index (χ1) is 8.24. The number of rotatable bonds is 6. The first-order valence-corrected chi connectivity index (χ1v) is 5.69. The number of benzene rings is 1. The van der Waals surface area contributed by atoms with Gasteiger partial charge in [-0.25, -0.2) is 4.79 Å². The van der Waals surface area contributed by atoms with Gasteiger partial charge >= 0.3 is 5.97 Å². The second-order valence-corrected chi connectivity index (χ2v) is 3.61. The van der Waals surface area contributed by atoms with Crippen LogP contribution in [0.25, 0.3) is 0 Å². The van der Waals surface area contributed by atoms with Crippen LogP contribution < -0.4 is 0 Å². The third-order valence-corrected chi connectivity index (χ3v) is 2.22. The average Bonchev–Trinajstić information content (AvgIpc) is 2.36. The van der Waals surface area contributed by atoms with Crippen LogP contribution in [0, 0.1) is 0 Å². The molecule has 92 valence electrons. The highest BCUT2D eigenvalue weighted by atomic mass is 16.5. The molecule has 0 unspecified atom stereocenters. The van der Waals surface area contributed by atoms with Gasteiger partial charge in [0.05, 0.1) is 19.8 Å². The second-order valence-electron chi connectivity index (χ2n) is 3.61. The number of hydrogen-bond acceptors (Lipinski definition) is 3. The first-order valence-electron chi connectivity index (χ1n) is 5.69. The maximum Gasteiger partial charge on any atom is 0.333 e. The maximum absolute atomic E-state index is 11.3. The van der Waals surface area contributed by atoms with E-state index in [2.05, 4.69) is 0 Å². The van der Waals surface area contributed by atoms with Crippen LogP contribution in [0.1, 0.15) is 19.4 Å². The number of hydrogen-bond donors (Lipinski definition) is 0. The van der Waals surface area contributed by atoms with Gasteiger partial charge in [-0.2, -0.15) is 0 Å². The van der Waals surface area contributed by atoms with Gasteiger partial charge < -0.3 is 9.47 Å². The third-order valence-electron chi connectivity index (χ3n) is 2.22. The van der Waals surface area contributed by atoms with Crippen molar-refractivity contribution in [2.24, 2.45) is 0 Å². The summed E-state index contributed by atoms with van der Waals surface area (Å²) >= 11 is 0. The summed E-state index contributed by atoms with van der Waals surface area (Å²) in [5.41, 5.74) is 1.70. The molecular weight excluding hydrogens is 216 g/mol. The Hall–Kier alpha value is -1.61. The van der Waals surface area contributed by atoms with Crippen LogP contribution in [-0.2, 0) is 20.9 Å². The fraction of sp³-hybridized carbons (Fsp3) is 0.357. The third kappa shape index (κ3) is 5.31. The summed E-state index contributed by atoms with van der Waals surface area (Å²) < 4.78 is 10.3. The molecule has 0 aliphatic carbocycles. The fourth-order valence-corrected chi connectivity index (χ4v) is 1.26. The molecule has 0 bridgehead atoms.